The molecule has 0 aliphatic heterocycles. The number of nitrogens with one attached hydrogen (secondary N) is 2. The van der Waals surface area contributed by atoms with Gasteiger partial charge in [-0.2, -0.15) is 0 Å². The van der Waals surface area contributed by atoms with Crippen LogP contribution in [0.2, 0.25) is 0 Å². The van der Waals surface area contributed by atoms with Crippen molar-refractivity contribution in [3.63, 3.8) is 0 Å². The minimum absolute atomic E-state index is 0.0997. The Morgan fingerprint density at radius 2 is 2.10 bits per heavy atom. The predicted octanol–water partition coefficient (Wildman–Crippen LogP) is 2.95. The number of anilines is 1. The van der Waals surface area contributed by atoms with E-state index in [2.05, 4.69) is 34.4 Å². The number of hydrogen-bond donors (Lipinski definition) is 2. The van der Waals surface area contributed by atoms with E-state index in [1.165, 1.54) is 12.8 Å². The average molecular weight is 290 g/mol. The Hall–Kier alpha value is -1.65. The highest BCUT2D eigenvalue weighted by molar-refractivity contribution is 5.97. The van der Waals surface area contributed by atoms with Gasteiger partial charge in [-0.05, 0) is 32.1 Å². The highest BCUT2D eigenvalue weighted by atomic mass is 16.2. The number of carbonyl (C=O) groups is 1. The maximum atomic E-state index is 12.5. The van der Waals surface area contributed by atoms with Crippen molar-refractivity contribution in [1.29, 1.82) is 0 Å². The van der Waals surface area contributed by atoms with Gasteiger partial charge in [0.15, 0.2) is 5.69 Å². The van der Waals surface area contributed by atoms with E-state index in [0.29, 0.717) is 17.4 Å². The molecule has 0 aromatic carbocycles. The lowest BCUT2D eigenvalue weighted by Gasteiger charge is -2.16. The molecule has 0 spiro atoms. The Kier molecular flexibility index (Phi) is 5.15. The molecule has 0 radical (unpaired) electrons. The molecule has 116 valence electrons. The van der Waals surface area contributed by atoms with E-state index >= 15 is 0 Å². The van der Waals surface area contributed by atoms with Crippen LogP contribution < -0.4 is 10.6 Å². The van der Waals surface area contributed by atoms with Crippen LogP contribution in [0.4, 0.5) is 5.69 Å². The Morgan fingerprint density at radius 3 is 2.67 bits per heavy atom. The highest BCUT2D eigenvalue weighted by Crippen LogP contribution is 2.32. The molecule has 1 heterocycles. The maximum absolute atomic E-state index is 12.5. The van der Waals surface area contributed by atoms with Crippen molar-refractivity contribution in [3.05, 3.63) is 17.7 Å². The minimum atomic E-state index is -0.0997. The highest BCUT2D eigenvalue weighted by Gasteiger charge is 2.30. The van der Waals surface area contributed by atoms with Gasteiger partial charge in [-0.1, -0.05) is 20.8 Å². The summed E-state index contributed by atoms with van der Waals surface area (Å²) < 4.78 is 0. The largest absolute Gasteiger partial charge is 0.382 e. The molecular weight excluding hydrogens is 264 g/mol. The van der Waals surface area contributed by atoms with Crippen molar-refractivity contribution in [2.75, 3.05) is 11.9 Å². The maximum Gasteiger partial charge on any atom is 0.272 e. The van der Waals surface area contributed by atoms with Gasteiger partial charge in [-0.15, -0.1) is 0 Å². The third kappa shape index (κ3) is 4.16. The molecule has 1 aromatic rings. The monoisotopic (exact) mass is 290 g/mol. The van der Waals surface area contributed by atoms with Gasteiger partial charge in [-0.3, -0.25) is 4.79 Å². The second-order valence-electron chi connectivity index (χ2n) is 6.17. The van der Waals surface area contributed by atoms with Gasteiger partial charge in [0.2, 0.25) is 0 Å². The molecule has 1 amide bonds. The molecule has 2 N–H and O–H groups in total. The van der Waals surface area contributed by atoms with Crippen LogP contribution in [-0.2, 0) is 0 Å². The van der Waals surface area contributed by atoms with E-state index in [9.17, 15) is 4.79 Å². The summed E-state index contributed by atoms with van der Waals surface area (Å²) in [6.07, 6.45) is 5.15. The van der Waals surface area contributed by atoms with Crippen molar-refractivity contribution in [3.8, 4) is 0 Å². The van der Waals surface area contributed by atoms with Gasteiger partial charge in [0.05, 0.1) is 11.9 Å². The summed E-state index contributed by atoms with van der Waals surface area (Å²) in [6, 6.07) is 0.217. The third-order valence-corrected chi connectivity index (χ3v) is 3.79. The van der Waals surface area contributed by atoms with Crippen LogP contribution in [0.15, 0.2) is 6.20 Å². The number of aromatic nitrogens is 2. The van der Waals surface area contributed by atoms with Crippen LogP contribution in [0.5, 0.6) is 0 Å². The second kappa shape index (κ2) is 6.87. The Labute approximate surface area is 127 Å². The molecule has 1 aliphatic carbocycles. The van der Waals surface area contributed by atoms with Crippen LogP contribution in [0, 0.1) is 5.92 Å². The first kappa shape index (κ1) is 15.7. The van der Waals surface area contributed by atoms with E-state index in [0.717, 1.165) is 18.7 Å². The lowest BCUT2D eigenvalue weighted by atomic mass is 10.2. The van der Waals surface area contributed by atoms with Gasteiger partial charge in [-0.25, -0.2) is 9.97 Å². The smallest absolute Gasteiger partial charge is 0.272 e. The van der Waals surface area contributed by atoms with E-state index < -0.39 is 0 Å². The standard InChI is InChI=1S/C16H26N4O/c1-5-8-17-13-9-18-15(10(2)3)20-14(13)16(21)19-11(4)12-6-7-12/h9-12,17H,5-8H2,1-4H3,(H,19,21). The summed E-state index contributed by atoms with van der Waals surface area (Å²) in [6.45, 7) is 9.03. The molecule has 2 rings (SSSR count). The average Bonchev–Trinajstić information content (AvgIpc) is 3.29. The molecule has 5 nitrogen and oxygen atoms in total. The summed E-state index contributed by atoms with van der Waals surface area (Å²) in [5.74, 6) is 1.45. The van der Waals surface area contributed by atoms with Crippen LogP contribution in [-0.4, -0.2) is 28.5 Å². The van der Waals surface area contributed by atoms with Gasteiger partial charge in [0, 0.05) is 18.5 Å². The fourth-order valence-corrected chi connectivity index (χ4v) is 2.22. The quantitative estimate of drug-likeness (QED) is 0.810. The van der Waals surface area contributed by atoms with E-state index in [4.69, 9.17) is 0 Å². The SMILES string of the molecule is CCCNc1cnc(C(C)C)nc1C(=O)NC(C)C1CC1. The van der Waals surface area contributed by atoms with Crippen molar-refractivity contribution < 1.29 is 4.79 Å². The molecular formula is C16H26N4O. The normalized spacial score (nSPS) is 15.9. The fraction of sp³-hybridized carbons (Fsp3) is 0.688. The lowest BCUT2D eigenvalue weighted by molar-refractivity contribution is 0.0931. The van der Waals surface area contributed by atoms with E-state index in [-0.39, 0.29) is 17.9 Å². The third-order valence-electron chi connectivity index (χ3n) is 3.79. The molecule has 5 heteroatoms. The number of hydrogen-bond acceptors (Lipinski definition) is 4. The molecule has 21 heavy (non-hydrogen) atoms. The van der Waals surface area contributed by atoms with Crippen molar-refractivity contribution in [2.24, 2.45) is 5.92 Å². The first-order valence-corrected chi connectivity index (χ1v) is 7.94. The zero-order valence-electron chi connectivity index (χ0n) is 13.4. The molecule has 1 saturated carbocycles. The number of amides is 1. The Balaban J connectivity index is 2.19. The molecule has 0 saturated heterocycles. The zero-order chi connectivity index (χ0) is 15.4. The Morgan fingerprint density at radius 1 is 1.38 bits per heavy atom. The van der Waals surface area contributed by atoms with Crippen molar-refractivity contribution in [2.45, 2.75) is 58.9 Å². The Bertz CT molecular complexity index is 497. The van der Waals surface area contributed by atoms with E-state index in [1.54, 1.807) is 6.20 Å². The predicted molar refractivity (Wildman–Crippen MR) is 84.6 cm³/mol. The topological polar surface area (TPSA) is 66.9 Å². The zero-order valence-corrected chi connectivity index (χ0v) is 13.4. The fourth-order valence-electron chi connectivity index (χ4n) is 2.22. The number of carbonyl (C=O) groups excluding carboxylic acids is 1. The van der Waals surface area contributed by atoms with Crippen LogP contribution in [0.3, 0.4) is 0 Å². The summed E-state index contributed by atoms with van der Waals surface area (Å²) in [5.41, 5.74) is 1.19. The summed E-state index contributed by atoms with van der Waals surface area (Å²) >= 11 is 0. The first-order valence-electron chi connectivity index (χ1n) is 7.94. The summed E-state index contributed by atoms with van der Waals surface area (Å²) in [7, 11) is 0. The molecule has 1 aliphatic rings. The van der Waals surface area contributed by atoms with Crippen LogP contribution in [0.1, 0.15) is 69.2 Å². The van der Waals surface area contributed by atoms with Crippen LogP contribution in [0.25, 0.3) is 0 Å². The minimum Gasteiger partial charge on any atom is -0.382 e. The van der Waals surface area contributed by atoms with Gasteiger partial charge < -0.3 is 10.6 Å². The molecule has 1 atom stereocenters. The lowest BCUT2D eigenvalue weighted by Crippen LogP contribution is -2.35. The van der Waals surface area contributed by atoms with Gasteiger partial charge >= 0.3 is 0 Å². The summed E-state index contributed by atoms with van der Waals surface area (Å²) in [4.78, 5) is 21.3. The molecule has 1 unspecified atom stereocenters. The van der Waals surface area contributed by atoms with Crippen molar-refractivity contribution in [1.82, 2.24) is 15.3 Å². The molecule has 1 aromatic heterocycles. The molecule has 1 fully saturated rings. The van der Waals surface area contributed by atoms with Gasteiger partial charge in [0.25, 0.3) is 5.91 Å². The van der Waals surface area contributed by atoms with E-state index in [1.807, 2.05) is 13.8 Å². The van der Waals surface area contributed by atoms with Crippen LogP contribution >= 0.6 is 0 Å². The number of rotatable bonds is 7. The first-order chi connectivity index (χ1) is 10.0. The second-order valence-corrected chi connectivity index (χ2v) is 6.17. The number of nitrogens with zero attached hydrogens (tertiary/aromatic N) is 2. The van der Waals surface area contributed by atoms with Gasteiger partial charge in [0.1, 0.15) is 5.82 Å². The molecule has 0 bridgehead atoms. The summed E-state index contributed by atoms with van der Waals surface area (Å²) in [5, 5.41) is 6.31. The van der Waals surface area contributed by atoms with Crippen molar-refractivity contribution >= 4 is 11.6 Å².